The lowest BCUT2D eigenvalue weighted by molar-refractivity contribution is -0.125. The molecular formula is C6H9N3O3. The number of nitrogens with two attached hydrogens (primary N) is 1. The van der Waals surface area contributed by atoms with Crippen molar-refractivity contribution < 1.29 is 14.4 Å². The van der Waals surface area contributed by atoms with Crippen molar-refractivity contribution in [3.05, 3.63) is 0 Å². The lowest BCUT2D eigenvalue weighted by Crippen LogP contribution is -2.40. The van der Waals surface area contributed by atoms with E-state index in [0.717, 1.165) is 0 Å². The average Bonchev–Trinajstić information content (AvgIpc) is 2.26. The molecule has 0 aromatic carbocycles. The van der Waals surface area contributed by atoms with E-state index < -0.39 is 17.9 Å². The normalized spacial score (nSPS) is 22.5. The Morgan fingerprint density at radius 3 is 2.75 bits per heavy atom. The number of carbonyl (C=O) groups is 3. The molecule has 6 nitrogen and oxygen atoms in total. The summed E-state index contributed by atoms with van der Waals surface area (Å²) in [5.74, 6) is -1.29. The maximum atomic E-state index is 10.9. The lowest BCUT2D eigenvalue weighted by atomic mass is 10.2. The van der Waals surface area contributed by atoms with Crippen molar-refractivity contribution in [1.82, 2.24) is 10.6 Å². The van der Waals surface area contributed by atoms with Crippen LogP contribution >= 0.6 is 0 Å². The van der Waals surface area contributed by atoms with Crippen LogP contribution in [0.15, 0.2) is 0 Å². The fourth-order valence-electron chi connectivity index (χ4n) is 0.942. The summed E-state index contributed by atoms with van der Waals surface area (Å²) in [6.45, 7) is -0.0919. The first kappa shape index (κ1) is 8.66. The molecule has 0 aromatic heterocycles. The third kappa shape index (κ3) is 2.03. The highest BCUT2D eigenvalue weighted by Crippen LogP contribution is 1.99. The van der Waals surface area contributed by atoms with Gasteiger partial charge in [0.05, 0.1) is 19.0 Å². The largest absolute Gasteiger partial charge is 0.369 e. The van der Waals surface area contributed by atoms with Crippen LogP contribution in [0.3, 0.4) is 0 Å². The van der Waals surface area contributed by atoms with Gasteiger partial charge in [-0.25, -0.2) is 0 Å². The molecule has 1 saturated heterocycles. The van der Waals surface area contributed by atoms with Gasteiger partial charge in [-0.15, -0.1) is 0 Å². The summed E-state index contributed by atoms with van der Waals surface area (Å²) < 4.78 is 0. The zero-order valence-corrected chi connectivity index (χ0v) is 6.29. The van der Waals surface area contributed by atoms with Gasteiger partial charge in [0.15, 0.2) is 0 Å². The van der Waals surface area contributed by atoms with Gasteiger partial charge in [-0.3, -0.25) is 25.0 Å². The van der Waals surface area contributed by atoms with Crippen molar-refractivity contribution in [3.63, 3.8) is 0 Å². The Labute approximate surface area is 68.5 Å². The van der Waals surface area contributed by atoms with E-state index in [-0.39, 0.29) is 18.9 Å². The SMILES string of the molecule is NC(=O)CN[C@H]1CC(=O)NC1=O. The van der Waals surface area contributed by atoms with E-state index in [9.17, 15) is 14.4 Å². The lowest BCUT2D eigenvalue weighted by Gasteiger charge is -2.05. The molecule has 0 aliphatic carbocycles. The van der Waals surface area contributed by atoms with Crippen LogP contribution in [0.4, 0.5) is 0 Å². The summed E-state index contributed by atoms with van der Waals surface area (Å²) >= 11 is 0. The van der Waals surface area contributed by atoms with E-state index in [0.29, 0.717) is 0 Å². The van der Waals surface area contributed by atoms with Crippen molar-refractivity contribution in [3.8, 4) is 0 Å². The first-order valence-electron chi connectivity index (χ1n) is 3.45. The van der Waals surface area contributed by atoms with Gasteiger partial charge in [-0.2, -0.15) is 0 Å². The van der Waals surface area contributed by atoms with Crippen LogP contribution in [0.5, 0.6) is 0 Å². The molecule has 3 amide bonds. The molecular weight excluding hydrogens is 162 g/mol. The minimum absolute atomic E-state index is 0.0755. The summed E-state index contributed by atoms with van der Waals surface area (Å²) in [4.78, 5) is 31.8. The third-order valence-electron chi connectivity index (χ3n) is 1.49. The summed E-state index contributed by atoms with van der Waals surface area (Å²) in [7, 11) is 0. The van der Waals surface area contributed by atoms with Crippen LogP contribution in [0.25, 0.3) is 0 Å². The highest BCUT2D eigenvalue weighted by molar-refractivity contribution is 6.05. The second-order valence-corrected chi connectivity index (χ2v) is 2.52. The van der Waals surface area contributed by atoms with Gasteiger partial charge in [-0.05, 0) is 0 Å². The second-order valence-electron chi connectivity index (χ2n) is 2.52. The van der Waals surface area contributed by atoms with Crippen LogP contribution in [0.1, 0.15) is 6.42 Å². The van der Waals surface area contributed by atoms with Crippen LogP contribution in [-0.2, 0) is 14.4 Å². The molecule has 1 rings (SSSR count). The van der Waals surface area contributed by atoms with E-state index in [2.05, 4.69) is 10.6 Å². The number of nitrogens with one attached hydrogen (secondary N) is 2. The molecule has 4 N–H and O–H groups in total. The molecule has 1 aliphatic rings. The number of amides is 3. The first-order valence-corrected chi connectivity index (χ1v) is 3.45. The number of rotatable bonds is 3. The Bertz CT molecular complexity index is 238. The second kappa shape index (κ2) is 3.31. The summed E-state index contributed by atoms with van der Waals surface area (Å²) in [5, 5.41) is 4.65. The van der Waals surface area contributed by atoms with Crippen LogP contribution in [-0.4, -0.2) is 30.3 Å². The quantitative estimate of drug-likeness (QED) is 0.408. The summed E-state index contributed by atoms with van der Waals surface area (Å²) in [5.41, 5.74) is 4.83. The monoisotopic (exact) mass is 171 g/mol. The number of carbonyl (C=O) groups excluding carboxylic acids is 3. The molecule has 1 atom stereocenters. The smallest absolute Gasteiger partial charge is 0.244 e. The highest BCUT2D eigenvalue weighted by atomic mass is 16.2. The average molecular weight is 171 g/mol. The minimum atomic E-state index is -0.606. The molecule has 0 aromatic rings. The Hall–Kier alpha value is -1.43. The van der Waals surface area contributed by atoms with Gasteiger partial charge < -0.3 is 5.73 Å². The first-order chi connectivity index (χ1) is 5.59. The molecule has 66 valence electrons. The molecule has 0 saturated carbocycles. The fourth-order valence-corrected chi connectivity index (χ4v) is 0.942. The zero-order valence-electron chi connectivity index (χ0n) is 6.29. The topological polar surface area (TPSA) is 101 Å². The zero-order chi connectivity index (χ0) is 9.14. The molecule has 6 heteroatoms. The predicted molar refractivity (Wildman–Crippen MR) is 38.8 cm³/mol. The highest BCUT2D eigenvalue weighted by Gasteiger charge is 2.29. The third-order valence-corrected chi connectivity index (χ3v) is 1.49. The van der Waals surface area contributed by atoms with E-state index in [1.807, 2.05) is 0 Å². The van der Waals surface area contributed by atoms with Crippen molar-refractivity contribution in [2.75, 3.05) is 6.54 Å². The van der Waals surface area contributed by atoms with Gasteiger partial charge >= 0.3 is 0 Å². The minimum Gasteiger partial charge on any atom is -0.369 e. The van der Waals surface area contributed by atoms with E-state index >= 15 is 0 Å². The maximum Gasteiger partial charge on any atom is 0.244 e. The summed E-state index contributed by atoms with van der Waals surface area (Å²) in [6, 6.07) is -0.606. The molecule has 12 heavy (non-hydrogen) atoms. The number of primary amides is 1. The van der Waals surface area contributed by atoms with Gasteiger partial charge in [-0.1, -0.05) is 0 Å². The number of hydrogen-bond donors (Lipinski definition) is 3. The molecule has 1 heterocycles. The van der Waals surface area contributed by atoms with Crippen molar-refractivity contribution in [2.45, 2.75) is 12.5 Å². The van der Waals surface area contributed by atoms with Gasteiger partial charge in [0.2, 0.25) is 17.7 Å². The predicted octanol–water partition coefficient (Wildman–Crippen LogP) is -2.52. The van der Waals surface area contributed by atoms with E-state index in [4.69, 9.17) is 5.73 Å². The Morgan fingerprint density at radius 2 is 2.33 bits per heavy atom. The molecule has 1 fully saturated rings. The van der Waals surface area contributed by atoms with E-state index in [1.54, 1.807) is 0 Å². The Morgan fingerprint density at radius 1 is 1.67 bits per heavy atom. The van der Waals surface area contributed by atoms with Crippen molar-refractivity contribution in [2.24, 2.45) is 5.73 Å². The van der Waals surface area contributed by atoms with Gasteiger partial charge in [0.25, 0.3) is 0 Å². The van der Waals surface area contributed by atoms with Crippen molar-refractivity contribution in [1.29, 1.82) is 0 Å². The molecule has 0 unspecified atom stereocenters. The van der Waals surface area contributed by atoms with E-state index in [1.165, 1.54) is 0 Å². The number of hydrogen-bond acceptors (Lipinski definition) is 4. The maximum absolute atomic E-state index is 10.9. The fraction of sp³-hybridized carbons (Fsp3) is 0.500. The molecule has 0 spiro atoms. The summed E-state index contributed by atoms with van der Waals surface area (Å²) in [6.07, 6.45) is 0.0755. The molecule has 0 radical (unpaired) electrons. The van der Waals surface area contributed by atoms with Gasteiger partial charge in [0, 0.05) is 0 Å². The standard InChI is InChI=1S/C6H9N3O3/c7-4(10)2-8-3-1-5(11)9-6(3)12/h3,8H,1-2H2,(H2,7,10)(H,9,11,12)/t3-/m0/s1. The van der Waals surface area contributed by atoms with Crippen molar-refractivity contribution >= 4 is 17.7 Å². The molecule has 0 bridgehead atoms. The molecule has 1 aliphatic heterocycles. The Balaban J connectivity index is 2.38. The van der Waals surface area contributed by atoms with Gasteiger partial charge in [0.1, 0.15) is 0 Å². The van der Waals surface area contributed by atoms with Crippen LogP contribution in [0.2, 0.25) is 0 Å². The van der Waals surface area contributed by atoms with Crippen LogP contribution < -0.4 is 16.4 Å². The van der Waals surface area contributed by atoms with Crippen LogP contribution in [0, 0.1) is 0 Å². The number of imide groups is 1. The Kier molecular flexibility index (Phi) is 2.39.